The van der Waals surface area contributed by atoms with Crippen molar-refractivity contribution >= 4 is 33.4 Å². The highest BCUT2D eigenvalue weighted by molar-refractivity contribution is 9.10. The molecular formula is C13H15BrClF3N2O. The normalized spacial score (nSPS) is 11.8. The van der Waals surface area contributed by atoms with E-state index in [1.54, 1.807) is 13.8 Å². The van der Waals surface area contributed by atoms with E-state index in [0.717, 1.165) is 4.90 Å². The van der Waals surface area contributed by atoms with Crippen LogP contribution in [-0.4, -0.2) is 34.6 Å². The van der Waals surface area contributed by atoms with E-state index in [2.05, 4.69) is 20.9 Å². The number of halogens is 5. The molecule has 1 heterocycles. The molecule has 0 radical (unpaired) electrons. The van der Waals surface area contributed by atoms with Gasteiger partial charge in [0.15, 0.2) is 0 Å². The molecule has 21 heavy (non-hydrogen) atoms. The lowest BCUT2D eigenvalue weighted by atomic mass is 10.1. The Kier molecular flexibility index (Phi) is 6.46. The van der Waals surface area contributed by atoms with Gasteiger partial charge in [0.1, 0.15) is 11.7 Å². The molecule has 1 rings (SSSR count). The summed E-state index contributed by atoms with van der Waals surface area (Å²) >= 11 is 8.97. The van der Waals surface area contributed by atoms with Crippen LogP contribution in [0.2, 0.25) is 5.15 Å². The Morgan fingerprint density at radius 1 is 1.43 bits per heavy atom. The number of carbonyl (C=O) groups is 1. The van der Waals surface area contributed by atoms with Crippen LogP contribution in [0, 0.1) is 0 Å². The molecule has 0 aliphatic heterocycles. The zero-order valence-corrected chi connectivity index (χ0v) is 13.9. The molecule has 0 unspecified atom stereocenters. The van der Waals surface area contributed by atoms with Crippen molar-refractivity contribution in [3.8, 4) is 0 Å². The third-order valence-electron chi connectivity index (χ3n) is 3.03. The van der Waals surface area contributed by atoms with Gasteiger partial charge in [0.25, 0.3) is 5.91 Å². The van der Waals surface area contributed by atoms with Crippen LogP contribution in [0.25, 0.3) is 0 Å². The summed E-state index contributed by atoms with van der Waals surface area (Å²) in [6, 6.07) is 0.873. The van der Waals surface area contributed by atoms with Crippen LogP contribution >= 0.6 is 27.5 Å². The fourth-order valence-corrected chi connectivity index (χ4v) is 2.53. The van der Waals surface area contributed by atoms with Crippen LogP contribution in [0.1, 0.15) is 37.0 Å². The highest BCUT2D eigenvalue weighted by Gasteiger charge is 2.36. The molecule has 118 valence electrons. The SMILES string of the molecule is CCC(CC)N(CC(F)(F)F)C(=O)c1cc(Br)cnc1Cl. The van der Waals surface area contributed by atoms with Gasteiger partial charge in [-0.15, -0.1) is 0 Å². The minimum atomic E-state index is -4.47. The first-order valence-corrected chi connectivity index (χ1v) is 7.55. The van der Waals surface area contributed by atoms with E-state index in [1.807, 2.05) is 0 Å². The average molecular weight is 388 g/mol. The van der Waals surface area contributed by atoms with Gasteiger partial charge in [-0.25, -0.2) is 4.98 Å². The molecule has 0 spiro atoms. The fourth-order valence-electron chi connectivity index (χ4n) is 2.02. The van der Waals surface area contributed by atoms with Crippen molar-refractivity contribution in [3.63, 3.8) is 0 Å². The summed E-state index contributed by atoms with van der Waals surface area (Å²) in [6.07, 6.45) is -2.23. The summed E-state index contributed by atoms with van der Waals surface area (Å²) in [7, 11) is 0. The minimum Gasteiger partial charge on any atom is -0.326 e. The molecule has 1 aromatic rings. The maximum absolute atomic E-state index is 12.7. The molecule has 0 aliphatic carbocycles. The lowest BCUT2D eigenvalue weighted by Gasteiger charge is -2.31. The smallest absolute Gasteiger partial charge is 0.326 e. The monoisotopic (exact) mass is 386 g/mol. The Bertz CT molecular complexity index is 507. The molecule has 3 nitrogen and oxygen atoms in total. The van der Waals surface area contributed by atoms with Gasteiger partial charge in [-0.1, -0.05) is 25.4 Å². The van der Waals surface area contributed by atoms with Crippen LogP contribution in [0.4, 0.5) is 13.2 Å². The number of hydrogen-bond acceptors (Lipinski definition) is 2. The van der Waals surface area contributed by atoms with E-state index in [0.29, 0.717) is 17.3 Å². The van der Waals surface area contributed by atoms with Gasteiger partial charge in [0.2, 0.25) is 0 Å². The molecule has 0 aliphatic rings. The van der Waals surface area contributed by atoms with Gasteiger partial charge >= 0.3 is 6.18 Å². The van der Waals surface area contributed by atoms with E-state index in [-0.39, 0.29) is 10.7 Å². The van der Waals surface area contributed by atoms with Crippen molar-refractivity contribution in [2.24, 2.45) is 0 Å². The summed E-state index contributed by atoms with van der Waals surface area (Å²) < 4.78 is 38.7. The summed E-state index contributed by atoms with van der Waals surface area (Å²) in [5.74, 6) is -0.764. The molecule has 0 bridgehead atoms. The average Bonchev–Trinajstić information content (AvgIpc) is 2.39. The number of carbonyl (C=O) groups excluding carboxylic acids is 1. The first-order chi connectivity index (χ1) is 9.69. The van der Waals surface area contributed by atoms with Crippen LogP contribution in [0.15, 0.2) is 16.7 Å². The van der Waals surface area contributed by atoms with E-state index in [4.69, 9.17) is 11.6 Å². The number of alkyl halides is 3. The third kappa shape index (κ3) is 5.14. The first kappa shape index (κ1) is 18.2. The number of rotatable bonds is 5. The molecule has 0 N–H and O–H groups in total. The lowest BCUT2D eigenvalue weighted by molar-refractivity contribution is -0.144. The second kappa shape index (κ2) is 7.45. The van der Waals surface area contributed by atoms with Crippen molar-refractivity contribution in [2.45, 2.75) is 38.9 Å². The Morgan fingerprint density at radius 2 is 2.00 bits per heavy atom. The van der Waals surface area contributed by atoms with Gasteiger partial charge in [-0.2, -0.15) is 13.2 Å². The van der Waals surface area contributed by atoms with Crippen molar-refractivity contribution in [3.05, 3.63) is 27.5 Å². The van der Waals surface area contributed by atoms with E-state index in [1.165, 1.54) is 12.3 Å². The molecule has 0 fully saturated rings. The van der Waals surface area contributed by atoms with Crippen molar-refractivity contribution in [1.82, 2.24) is 9.88 Å². The second-order valence-corrected chi connectivity index (χ2v) is 5.78. The molecular weight excluding hydrogens is 373 g/mol. The maximum Gasteiger partial charge on any atom is 0.406 e. The molecule has 8 heteroatoms. The molecule has 1 amide bonds. The van der Waals surface area contributed by atoms with Gasteiger partial charge in [-0.05, 0) is 34.8 Å². The molecule has 0 aromatic carbocycles. The maximum atomic E-state index is 12.7. The van der Waals surface area contributed by atoms with E-state index < -0.39 is 24.7 Å². The fraction of sp³-hybridized carbons (Fsp3) is 0.538. The van der Waals surface area contributed by atoms with E-state index in [9.17, 15) is 18.0 Å². The summed E-state index contributed by atoms with van der Waals surface area (Å²) in [6.45, 7) is 2.18. The highest BCUT2D eigenvalue weighted by Crippen LogP contribution is 2.25. The van der Waals surface area contributed by atoms with Crippen molar-refractivity contribution < 1.29 is 18.0 Å². The Hall–Kier alpha value is -0.820. The first-order valence-electron chi connectivity index (χ1n) is 6.38. The topological polar surface area (TPSA) is 33.2 Å². The second-order valence-electron chi connectivity index (χ2n) is 4.51. The van der Waals surface area contributed by atoms with Crippen LogP contribution < -0.4 is 0 Å². The summed E-state index contributed by atoms with van der Waals surface area (Å²) in [5.41, 5.74) is -0.0396. The Morgan fingerprint density at radius 3 is 2.48 bits per heavy atom. The Labute approximate surface area is 134 Å². The van der Waals surface area contributed by atoms with Crippen LogP contribution in [-0.2, 0) is 0 Å². The Balaban J connectivity index is 3.18. The van der Waals surface area contributed by atoms with Crippen LogP contribution in [0.5, 0.6) is 0 Å². The minimum absolute atomic E-state index is 0.0396. The van der Waals surface area contributed by atoms with Crippen LogP contribution in [0.3, 0.4) is 0 Å². The number of aromatic nitrogens is 1. The molecule has 1 aromatic heterocycles. The zero-order valence-electron chi connectivity index (χ0n) is 11.5. The number of pyridine rings is 1. The third-order valence-corrected chi connectivity index (χ3v) is 3.76. The standard InChI is InChI=1S/C13H15BrClF3N2O/c1-3-9(4-2)20(7-13(16,17)18)12(21)10-5-8(14)6-19-11(10)15/h5-6,9H,3-4,7H2,1-2H3. The zero-order chi connectivity index (χ0) is 16.2. The molecule has 0 saturated heterocycles. The molecule has 0 atom stereocenters. The van der Waals surface area contributed by atoms with Gasteiger partial charge in [0.05, 0.1) is 5.56 Å². The summed E-state index contributed by atoms with van der Waals surface area (Å²) in [4.78, 5) is 17.0. The predicted octanol–water partition coefficient (Wildman–Crippen LogP) is 4.69. The van der Waals surface area contributed by atoms with Gasteiger partial charge in [0, 0.05) is 16.7 Å². The van der Waals surface area contributed by atoms with Gasteiger partial charge in [-0.3, -0.25) is 4.79 Å². The lowest BCUT2D eigenvalue weighted by Crippen LogP contribution is -2.45. The highest BCUT2D eigenvalue weighted by atomic mass is 79.9. The largest absolute Gasteiger partial charge is 0.406 e. The molecule has 0 saturated carbocycles. The van der Waals surface area contributed by atoms with E-state index >= 15 is 0 Å². The summed E-state index contributed by atoms with van der Waals surface area (Å²) in [5, 5.41) is -0.110. The quantitative estimate of drug-likeness (QED) is 0.687. The predicted molar refractivity (Wildman–Crippen MR) is 78.4 cm³/mol. The number of nitrogens with zero attached hydrogens (tertiary/aromatic N) is 2. The number of amides is 1. The number of hydrogen-bond donors (Lipinski definition) is 0. The van der Waals surface area contributed by atoms with Gasteiger partial charge < -0.3 is 4.90 Å². The van der Waals surface area contributed by atoms with Crippen molar-refractivity contribution in [2.75, 3.05) is 6.54 Å². The van der Waals surface area contributed by atoms with Crippen molar-refractivity contribution in [1.29, 1.82) is 0 Å².